The highest BCUT2D eigenvalue weighted by atomic mass is 16.1. The molecule has 18 heavy (non-hydrogen) atoms. The molecule has 0 aromatic carbocycles. The summed E-state index contributed by atoms with van der Waals surface area (Å²) in [5.41, 5.74) is 0.721. The lowest BCUT2D eigenvalue weighted by Crippen LogP contribution is -2.43. The molecule has 2 aliphatic carbocycles. The molecule has 0 radical (unpaired) electrons. The first kappa shape index (κ1) is 17.5. The van der Waals surface area contributed by atoms with Gasteiger partial charge in [0.25, 0.3) is 0 Å². The molecule has 2 bridgehead atoms. The van der Waals surface area contributed by atoms with Crippen molar-refractivity contribution in [2.24, 2.45) is 11.3 Å². The molecule has 2 rings (SSSR count). The first-order valence-corrected chi connectivity index (χ1v) is 7.77. The second-order valence-corrected chi connectivity index (χ2v) is 5.66. The van der Waals surface area contributed by atoms with Crippen molar-refractivity contribution < 1.29 is 4.79 Å². The molecule has 0 atom stereocenters. The Morgan fingerprint density at radius 1 is 1.00 bits per heavy atom. The van der Waals surface area contributed by atoms with Gasteiger partial charge >= 0.3 is 0 Å². The Hall–Kier alpha value is -0.530. The first-order valence-electron chi connectivity index (χ1n) is 7.77. The number of nitrogens with one attached hydrogen (secondary N) is 1. The Kier molecular flexibility index (Phi) is 6.94. The summed E-state index contributed by atoms with van der Waals surface area (Å²) in [5, 5.41) is 3.19. The zero-order valence-corrected chi connectivity index (χ0v) is 13.5. The van der Waals surface area contributed by atoms with Crippen LogP contribution in [-0.4, -0.2) is 11.4 Å². The van der Waals surface area contributed by atoms with Gasteiger partial charge in [0.05, 0.1) is 0 Å². The number of hydrogen-bond donors (Lipinski definition) is 1. The fourth-order valence-corrected chi connectivity index (χ4v) is 3.58. The summed E-state index contributed by atoms with van der Waals surface area (Å²) in [7, 11) is 0. The summed E-state index contributed by atoms with van der Waals surface area (Å²) < 4.78 is 0. The van der Waals surface area contributed by atoms with Gasteiger partial charge in [0, 0.05) is 12.5 Å². The van der Waals surface area contributed by atoms with Crippen LogP contribution in [0.25, 0.3) is 0 Å². The van der Waals surface area contributed by atoms with E-state index in [1.807, 2.05) is 27.7 Å². The minimum atomic E-state index is 0.145. The number of rotatable bonds is 2. The van der Waals surface area contributed by atoms with E-state index in [9.17, 15) is 4.79 Å². The number of fused-ring (bicyclic) bond motifs is 2. The monoisotopic (exact) mass is 255 g/mol. The Balaban J connectivity index is 0.000000659. The third kappa shape index (κ3) is 3.49. The average molecular weight is 255 g/mol. The van der Waals surface area contributed by atoms with Crippen molar-refractivity contribution in [3.8, 4) is 0 Å². The SMILES string of the molecule is CC.CC.CC(=O)NC12CCC(C(C)C)(CC1)C2. The zero-order chi connectivity index (χ0) is 14.4. The molecular formula is C16H33NO. The van der Waals surface area contributed by atoms with Crippen molar-refractivity contribution in [1.29, 1.82) is 0 Å². The van der Waals surface area contributed by atoms with Gasteiger partial charge in [-0.15, -0.1) is 0 Å². The van der Waals surface area contributed by atoms with Crippen molar-refractivity contribution in [3.05, 3.63) is 0 Å². The van der Waals surface area contributed by atoms with E-state index in [2.05, 4.69) is 19.2 Å². The normalized spacial score (nSPS) is 32.2. The van der Waals surface area contributed by atoms with Crippen molar-refractivity contribution in [3.63, 3.8) is 0 Å². The van der Waals surface area contributed by atoms with Crippen LogP contribution in [0, 0.1) is 11.3 Å². The predicted octanol–water partition coefficient (Wildman–Crippen LogP) is 4.53. The molecule has 0 spiro atoms. The van der Waals surface area contributed by atoms with Gasteiger partial charge in [-0.3, -0.25) is 4.79 Å². The van der Waals surface area contributed by atoms with E-state index in [0.717, 1.165) is 5.92 Å². The summed E-state index contributed by atoms with van der Waals surface area (Å²) >= 11 is 0. The number of carbonyl (C=O) groups is 1. The van der Waals surface area contributed by atoms with Gasteiger partial charge in [0.15, 0.2) is 0 Å². The van der Waals surface area contributed by atoms with E-state index in [-0.39, 0.29) is 11.4 Å². The first-order chi connectivity index (χ1) is 8.48. The van der Waals surface area contributed by atoms with Gasteiger partial charge in [-0.2, -0.15) is 0 Å². The zero-order valence-electron chi connectivity index (χ0n) is 13.5. The summed E-state index contributed by atoms with van der Waals surface area (Å²) in [6.45, 7) is 14.3. The van der Waals surface area contributed by atoms with Crippen molar-refractivity contribution in [2.75, 3.05) is 0 Å². The highest BCUT2D eigenvalue weighted by Crippen LogP contribution is 2.59. The molecule has 0 unspecified atom stereocenters. The summed E-state index contributed by atoms with van der Waals surface area (Å²) in [4.78, 5) is 11.1. The quantitative estimate of drug-likeness (QED) is 0.771. The molecule has 2 saturated carbocycles. The lowest BCUT2D eigenvalue weighted by molar-refractivity contribution is -0.120. The smallest absolute Gasteiger partial charge is 0.217 e. The van der Waals surface area contributed by atoms with E-state index in [4.69, 9.17) is 0 Å². The Morgan fingerprint density at radius 3 is 1.72 bits per heavy atom. The van der Waals surface area contributed by atoms with Crippen LogP contribution in [0.2, 0.25) is 0 Å². The minimum Gasteiger partial charge on any atom is -0.351 e. The van der Waals surface area contributed by atoms with Crippen LogP contribution in [0.15, 0.2) is 0 Å². The second kappa shape index (κ2) is 7.16. The van der Waals surface area contributed by atoms with Crippen molar-refractivity contribution >= 4 is 5.91 Å². The fourth-order valence-electron chi connectivity index (χ4n) is 3.58. The molecule has 0 heterocycles. The molecule has 1 amide bonds. The van der Waals surface area contributed by atoms with Crippen LogP contribution in [0.1, 0.15) is 80.6 Å². The number of carbonyl (C=O) groups excluding carboxylic acids is 1. The van der Waals surface area contributed by atoms with E-state index < -0.39 is 0 Å². The average Bonchev–Trinajstić information content (AvgIpc) is 2.90. The fraction of sp³-hybridized carbons (Fsp3) is 0.938. The molecule has 2 aliphatic rings. The van der Waals surface area contributed by atoms with Gasteiger partial charge in [0.2, 0.25) is 5.91 Å². The molecule has 2 fully saturated rings. The lowest BCUT2D eigenvalue weighted by Gasteiger charge is -2.30. The minimum absolute atomic E-state index is 0.145. The van der Waals surface area contributed by atoms with Gasteiger partial charge in [-0.25, -0.2) is 0 Å². The van der Waals surface area contributed by atoms with Crippen LogP contribution in [0.3, 0.4) is 0 Å². The Morgan fingerprint density at radius 2 is 1.44 bits per heavy atom. The van der Waals surface area contributed by atoms with Crippen LogP contribution in [-0.2, 0) is 4.79 Å². The molecule has 0 aromatic heterocycles. The molecular weight excluding hydrogens is 222 g/mol. The maximum Gasteiger partial charge on any atom is 0.217 e. The summed E-state index contributed by atoms with van der Waals surface area (Å²) in [5.74, 6) is 0.909. The molecule has 2 heteroatoms. The van der Waals surface area contributed by atoms with E-state index in [1.165, 1.54) is 32.1 Å². The highest BCUT2D eigenvalue weighted by molar-refractivity contribution is 5.74. The van der Waals surface area contributed by atoms with Gasteiger partial charge in [0.1, 0.15) is 0 Å². The van der Waals surface area contributed by atoms with Crippen LogP contribution >= 0.6 is 0 Å². The van der Waals surface area contributed by atoms with E-state index in [1.54, 1.807) is 6.92 Å². The lowest BCUT2D eigenvalue weighted by atomic mass is 9.75. The van der Waals surface area contributed by atoms with Gasteiger partial charge in [-0.05, 0) is 43.4 Å². The predicted molar refractivity (Wildman–Crippen MR) is 79.6 cm³/mol. The molecule has 1 N–H and O–H groups in total. The second-order valence-electron chi connectivity index (χ2n) is 5.66. The standard InChI is InChI=1S/C12H21NO.2C2H6/c1-9(2)11-4-6-12(8-11,7-5-11)13-10(3)14;2*1-2/h9H,4-8H2,1-3H3,(H,13,14);2*1-2H3. The van der Waals surface area contributed by atoms with E-state index >= 15 is 0 Å². The maximum atomic E-state index is 11.1. The largest absolute Gasteiger partial charge is 0.351 e. The van der Waals surface area contributed by atoms with Crippen molar-refractivity contribution in [2.45, 2.75) is 86.1 Å². The molecule has 108 valence electrons. The summed E-state index contributed by atoms with van der Waals surface area (Å²) in [6.07, 6.45) is 6.24. The topological polar surface area (TPSA) is 29.1 Å². The Labute approximate surface area is 114 Å². The third-order valence-electron chi connectivity index (χ3n) is 4.56. The van der Waals surface area contributed by atoms with Crippen LogP contribution in [0.5, 0.6) is 0 Å². The molecule has 0 aliphatic heterocycles. The van der Waals surface area contributed by atoms with Crippen LogP contribution in [0.4, 0.5) is 0 Å². The summed E-state index contributed by atoms with van der Waals surface area (Å²) in [6, 6.07) is 0. The Bertz CT molecular complexity index is 250. The third-order valence-corrected chi connectivity index (χ3v) is 4.56. The number of hydrogen-bond acceptors (Lipinski definition) is 1. The highest BCUT2D eigenvalue weighted by Gasteiger charge is 2.55. The van der Waals surface area contributed by atoms with Crippen molar-refractivity contribution in [1.82, 2.24) is 5.32 Å². The molecule has 0 saturated heterocycles. The molecule has 2 nitrogen and oxygen atoms in total. The molecule has 0 aromatic rings. The van der Waals surface area contributed by atoms with E-state index in [0.29, 0.717) is 5.41 Å². The van der Waals surface area contributed by atoms with Gasteiger partial charge in [-0.1, -0.05) is 41.5 Å². The number of amides is 1. The maximum absolute atomic E-state index is 11.1. The van der Waals surface area contributed by atoms with Gasteiger partial charge < -0.3 is 5.32 Å². The van der Waals surface area contributed by atoms with Crippen LogP contribution < -0.4 is 5.32 Å².